The average Bonchev–Trinajstić information content (AvgIpc) is 2.95. The standard InChI is InChI=1S/C14H15N3O3/c1-2-17-7-6-15-13(14(17)18)16-8-10-4-3-5-11-12(10)20-9-19-11/h3-7H,2,8-9H2,1H3,(H,15,16). The zero-order valence-corrected chi connectivity index (χ0v) is 11.1. The predicted octanol–water partition coefficient (Wildman–Crippen LogP) is 1.60. The van der Waals surface area contributed by atoms with E-state index in [4.69, 9.17) is 9.47 Å². The van der Waals surface area contributed by atoms with Gasteiger partial charge in [0.15, 0.2) is 17.3 Å². The summed E-state index contributed by atoms with van der Waals surface area (Å²) in [5.74, 6) is 1.80. The molecule has 1 aliphatic rings. The highest BCUT2D eigenvalue weighted by atomic mass is 16.7. The highest BCUT2D eigenvalue weighted by Gasteiger charge is 2.17. The van der Waals surface area contributed by atoms with E-state index in [-0.39, 0.29) is 12.4 Å². The lowest BCUT2D eigenvalue weighted by molar-refractivity contribution is 0.173. The number of nitrogens with zero attached hydrogens (tertiary/aromatic N) is 2. The minimum absolute atomic E-state index is 0.125. The van der Waals surface area contributed by atoms with E-state index in [9.17, 15) is 4.79 Å². The van der Waals surface area contributed by atoms with Crippen LogP contribution >= 0.6 is 0 Å². The molecule has 0 saturated heterocycles. The maximum atomic E-state index is 12.0. The Labute approximate surface area is 116 Å². The van der Waals surface area contributed by atoms with Crippen LogP contribution in [0.5, 0.6) is 11.5 Å². The molecule has 0 bridgehead atoms. The number of hydrogen-bond donors (Lipinski definition) is 1. The zero-order chi connectivity index (χ0) is 13.9. The van der Waals surface area contributed by atoms with Crippen molar-refractivity contribution in [2.45, 2.75) is 20.0 Å². The molecule has 2 heterocycles. The fourth-order valence-corrected chi connectivity index (χ4v) is 2.13. The van der Waals surface area contributed by atoms with E-state index in [2.05, 4.69) is 10.3 Å². The van der Waals surface area contributed by atoms with Crippen molar-refractivity contribution in [1.29, 1.82) is 0 Å². The van der Waals surface area contributed by atoms with Gasteiger partial charge < -0.3 is 19.4 Å². The van der Waals surface area contributed by atoms with E-state index in [1.54, 1.807) is 17.0 Å². The molecular weight excluding hydrogens is 258 g/mol. The summed E-state index contributed by atoms with van der Waals surface area (Å²) in [6.07, 6.45) is 3.28. The minimum atomic E-state index is -0.125. The Morgan fingerprint density at radius 2 is 2.30 bits per heavy atom. The number of benzene rings is 1. The average molecular weight is 273 g/mol. The van der Waals surface area contributed by atoms with E-state index >= 15 is 0 Å². The molecule has 104 valence electrons. The summed E-state index contributed by atoms with van der Waals surface area (Å²) in [4.78, 5) is 16.1. The fraction of sp³-hybridized carbons (Fsp3) is 0.286. The van der Waals surface area contributed by atoms with Crippen LogP contribution in [0.25, 0.3) is 0 Å². The number of fused-ring (bicyclic) bond motifs is 1. The smallest absolute Gasteiger partial charge is 0.293 e. The summed E-state index contributed by atoms with van der Waals surface area (Å²) < 4.78 is 12.3. The van der Waals surface area contributed by atoms with E-state index in [1.165, 1.54) is 0 Å². The first kappa shape index (κ1) is 12.5. The van der Waals surface area contributed by atoms with Gasteiger partial charge in [0.25, 0.3) is 5.56 Å². The first-order chi connectivity index (χ1) is 9.79. The third-order valence-corrected chi connectivity index (χ3v) is 3.18. The lowest BCUT2D eigenvalue weighted by Gasteiger charge is -2.09. The number of aromatic nitrogens is 2. The largest absolute Gasteiger partial charge is 0.454 e. The monoisotopic (exact) mass is 273 g/mol. The van der Waals surface area contributed by atoms with Gasteiger partial charge in [0.2, 0.25) is 6.79 Å². The van der Waals surface area contributed by atoms with Gasteiger partial charge in [0.1, 0.15) is 0 Å². The molecule has 0 radical (unpaired) electrons. The van der Waals surface area contributed by atoms with E-state index in [0.717, 1.165) is 17.1 Å². The zero-order valence-electron chi connectivity index (χ0n) is 11.1. The molecule has 0 unspecified atom stereocenters. The van der Waals surface area contributed by atoms with Crippen molar-refractivity contribution < 1.29 is 9.47 Å². The molecule has 6 heteroatoms. The highest BCUT2D eigenvalue weighted by Crippen LogP contribution is 2.35. The van der Waals surface area contributed by atoms with E-state index in [0.29, 0.717) is 18.9 Å². The number of anilines is 1. The van der Waals surface area contributed by atoms with Crippen molar-refractivity contribution in [1.82, 2.24) is 9.55 Å². The second kappa shape index (κ2) is 5.24. The molecule has 0 saturated carbocycles. The molecule has 2 aromatic rings. The van der Waals surface area contributed by atoms with Crippen LogP contribution in [0.3, 0.4) is 0 Å². The van der Waals surface area contributed by atoms with Crippen LogP contribution in [0.4, 0.5) is 5.82 Å². The number of para-hydroxylation sites is 1. The molecule has 1 N–H and O–H groups in total. The van der Waals surface area contributed by atoms with Gasteiger partial charge in [-0.3, -0.25) is 4.79 Å². The van der Waals surface area contributed by atoms with Gasteiger partial charge in [-0.15, -0.1) is 0 Å². The maximum absolute atomic E-state index is 12.0. The number of ether oxygens (including phenoxy) is 2. The van der Waals surface area contributed by atoms with Gasteiger partial charge in [0, 0.05) is 31.0 Å². The third kappa shape index (κ3) is 2.20. The first-order valence-electron chi connectivity index (χ1n) is 6.46. The Bertz CT molecular complexity index is 682. The SMILES string of the molecule is CCn1ccnc(NCc2cccc3c2OCO3)c1=O. The minimum Gasteiger partial charge on any atom is -0.454 e. The van der Waals surface area contributed by atoms with Gasteiger partial charge in [-0.1, -0.05) is 12.1 Å². The Morgan fingerprint density at radius 3 is 3.15 bits per heavy atom. The van der Waals surface area contributed by atoms with Crippen molar-refractivity contribution in [2.75, 3.05) is 12.1 Å². The van der Waals surface area contributed by atoms with Crippen LogP contribution in [0.15, 0.2) is 35.4 Å². The van der Waals surface area contributed by atoms with Gasteiger partial charge in [-0.2, -0.15) is 0 Å². The van der Waals surface area contributed by atoms with Crippen LogP contribution in [0.2, 0.25) is 0 Å². The molecule has 0 aliphatic carbocycles. The van der Waals surface area contributed by atoms with Crippen LogP contribution in [0, 0.1) is 0 Å². The number of hydrogen-bond acceptors (Lipinski definition) is 5. The molecule has 1 aromatic carbocycles. The molecule has 0 fully saturated rings. The van der Waals surface area contributed by atoms with E-state index in [1.807, 2.05) is 25.1 Å². The predicted molar refractivity (Wildman–Crippen MR) is 74.1 cm³/mol. The lowest BCUT2D eigenvalue weighted by Crippen LogP contribution is -2.23. The van der Waals surface area contributed by atoms with Crippen molar-refractivity contribution >= 4 is 5.82 Å². The Morgan fingerprint density at radius 1 is 1.40 bits per heavy atom. The number of nitrogens with one attached hydrogen (secondary N) is 1. The topological polar surface area (TPSA) is 65.4 Å². The summed E-state index contributed by atoms with van der Waals surface area (Å²) in [7, 11) is 0. The Balaban J connectivity index is 1.81. The highest BCUT2D eigenvalue weighted by molar-refractivity contribution is 5.49. The maximum Gasteiger partial charge on any atom is 0.293 e. The van der Waals surface area contributed by atoms with Crippen molar-refractivity contribution in [3.05, 3.63) is 46.5 Å². The summed E-state index contributed by atoms with van der Waals surface area (Å²) in [6, 6.07) is 5.69. The van der Waals surface area contributed by atoms with Gasteiger partial charge >= 0.3 is 0 Å². The quantitative estimate of drug-likeness (QED) is 0.916. The molecule has 1 aliphatic heterocycles. The van der Waals surface area contributed by atoms with Gasteiger partial charge in [0.05, 0.1) is 0 Å². The summed E-state index contributed by atoms with van der Waals surface area (Å²) in [6.45, 7) is 3.23. The van der Waals surface area contributed by atoms with Gasteiger partial charge in [-0.25, -0.2) is 4.98 Å². The van der Waals surface area contributed by atoms with Crippen LogP contribution < -0.4 is 20.3 Å². The molecule has 1 aromatic heterocycles. The summed E-state index contributed by atoms with van der Waals surface area (Å²) in [5, 5.41) is 3.05. The van der Waals surface area contributed by atoms with Crippen molar-refractivity contribution in [3.63, 3.8) is 0 Å². The summed E-state index contributed by atoms with van der Waals surface area (Å²) >= 11 is 0. The second-order valence-electron chi connectivity index (χ2n) is 4.37. The molecule has 6 nitrogen and oxygen atoms in total. The summed E-state index contributed by atoms with van der Waals surface area (Å²) in [5.41, 5.74) is 0.813. The third-order valence-electron chi connectivity index (χ3n) is 3.18. The molecule has 0 atom stereocenters. The van der Waals surface area contributed by atoms with Crippen LogP contribution in [0.1, 0.15) is 12.5 Å². The van der Waals surface area contributed by atoms with E-state index < -0.39 is 0 Å². The normalized spacial score (nSPS) is 12.4. The van der Waals surface area contributed by atoms with Gasteiger partial charge in [-0.05, 0) is 13.0 Å². The Kier molecular flexibility index (Phi) is 3.28. The lowest BCUT2D eigenvalue weighted by atomic mass is 10.2. The number of rotatable bonds is 4. The second-order valence-corrected chi connectivity index (χ2v) is 4.37. The molecular formula is C14H15N3O3. The molecule has 20 heavy (non-hydrogen) atoms. The molecule has 3 rings (SSSR count). The molecule has 0 spiro atoms. The van der Waals surface area contributed by atoms with Crippen LogP contribution in [-0.4, -0.2) is 16.3 Å². The van der Waals surface area contributed by atoms with Crippen molar-refractivity contribution in [3.8, 4) is 11.5 Å². The number of aryl methyl sites for hydroxylation is 1. The van der Waals surface area contributed by atoms with Crippen molar-refractivity contribution in [2.24, 2.45) is 0 Å². The fourth-order valence-electron chi connectivity index (χ4n) is 2.13. The first-order valence-corrected chi connectivity index (χ1v) is 6.46. The Hall–Kier alpha value is -2.50. The van der Waals surface area contributed by atoms with Crippen LogP contribution in [-0.2, 0) is 13.1 Å². The molecule has 0 amide bonds.